The van der Waals surface area contributed by atoms with Gasteiger partial charge in [-0.25, -0.2) is 13.6 Å². The molecule has 0 saturated carbocycles. The van der Waals surface area contributed by atoms with Crippen LogP contribution in [-0.2, 0) is 14.8 Å². The molecule has 0 aliphatic rings. The Labute approximate surface area is 115 Å². The Morgan fingerprint density at radius 3 is 2.28 bits per heavy atom. The van der Waals surface area contributed by atoms with Gasteiger partial charge in [0.15, 0.2) is 0 Å². The van der Waals surface area contributed by atoms with Crippen molar-refractivity contribution in [2.24, 2.45) is 5.14 Å². The fourth-order valence-corrected chi connectivity index (χ4v) is 2.43. The summed E-state index contributed by atoms with van der Waals surface area (Å²) in [6.45, 7) is 3.41. The Hall–Kier alpha value is -1.08. The molecule has 0 aliphatic heterocycles. The summed E-state index contributed by atoms with van der Waals surface area (Å²) in [5, 5.41) is 7.38. The first-order valence-corrected chi connectivity index (χ1v) is 6.98. The van der Waals surface area contributed by atoms with Gasteiger partial charge >= 0.3 is 0 Å². The number of primary sulfonamides is 1. The predicted octanol–water partition coefficient (Wildman–Crippen LogP) is 2.16. The van der Waals surface area contributed by atoms with E-state index in [4.69, 9.17) is 28.3 Å². The summed E-state index contributed by atoms with van der Waals surface area (Å²) in [6.07, 6.45) is 1.50. The van der Waals surface area contributed by atoms with Gasteiger partial charge in [-0.15, -0.1) is 6.58 Å². The first kappa shape index (κ1) is 15.0. The summed E-state index contributed by atoms with van der Waals surface area (Å²) in [4.78, 5) is 11.1. The van der Waals surface area contributed by atoms with Crippen LogP contribution in [0.1, 0.15) is 6.42 Å². The molecule has 1 amide bonds. The van der Waals surface area contributed by atoms with Crippen LogP contribution in [0.3, 0.4) is 0 Å². The summed E-state index contributed by atoms with van der Waals surface area (Å²) in [5.41, 5.74) is 0.137. The standard InChI is InChI=1S/C10H10Cl2N2O3S/c1-2-3-9(15)14-10-7(11)4-6(5-8(10)12)18(13,16)17/h2,4-5H,1,3H2,(H,14,15)(H2,13,16,17). The maximum absolute atomic E-state index is 11.4. The Morgan fingerprint density at radius 2 is 1.89 bits per heavy atom. The van der Waals surface area contributed by atoms with Crippen LogP contribution in [0.25, 0.3) is 0 Å². The minimum Gasteiger partial charge on any atom is -0.323 e. The lowest BCUT2D eigenvalue weighted by atomic mass is 10.3. The zero-order chi connectivity index (χ0) is 13.9. The molecule has 1 aromatic carbocycles. The average molecular weight is 309 g/mol. The maximum atomic E-state index is 11.4. The molecule has 1 aromatic rings. The third kappa shape index (κ3) is 3.71. The minimum atomic E-state index is -3.90. The van der Waals surface area contributed by atoms with Crippen molar-refractivity contribution >= 4 is 44.8 Å². The monoisotopic (exact) mass is 308 g/mol. The number of hydrogen-bond acceptors (Lipinski definition) is 3. The number of anilines is 1. The Bertz CT molecular complexity index is 576. The van der Waals surface area contributed by atoms with Gasteiger partial charge in [0.25, 0.3) is 0 Å². The van der Waals surface area contributed by atoms with E-state index in [1.54, 1.807) is 0 Å². The second-order valence-electron chi connectivity index (χ2n) is 3.35. The summed E-state index contributed by atoms with van der Waals surface area (Å²) in [7, 11) is -3.90. The van der Waals surface area contributed by atoms with Gasteiger partial charge in [-0.3, -0.25) is 4.79 Å². The lowest BCUT2D eigenvalue weighted by molar-refractivity contribution is -0.115. The van der Waals surface area contributed by atoms with E-state index < -0.39 is 10.0 Å². The van der Waals surface area contributed by atoms with Crippen molar-refractivity contribution in [2.75, 3.05) is 5.32 Å². The summed E-state index contributed by atoms with van der Waals surface area (Å²) in [6, 6.07) is 2.23. The first-order chi connectivity index (χ1) is 8.25. The van der Waals surface area contributed by atoms with Crippen molar-refractivity contribution < 1.29 is 13.2 Å². The van der Waals surface area contributed by atoms with Crippen molar-refractivity contribution in [1.82, 2.24) is 0 Å². The van der Waals surface area contributed by atoms with Gasteiger partial charge in [-0.2, -0.15) is 0 Å². The van der Waals surface area contributed by atoms with Crippen molar-refractivity contribution in [1.29, 1.82) is 0 Å². The normalized spacial score (nSPS) is 11.1. The molecule has 8 heteroatoms. The van der Waals surface area contributed by atoms with Crippen molar-refractivity contribution in [3.63, 3.8) is 0 Å². The topological polar surface area (TPSA) is 89.3 Å². The smallest absolute Gasteiger partial charge is 0.238 e. The zero-order valence-corrected chi connectivity index (χ0v) is 11.4. The SMILES string of the molecule is C=CCC(=O)Nc1c(Cl)cc(S(N)(=O)=O)cc1Cl. The number of carbonyl (C=O) groups excluding carboxylic acids is 1. The second-order valence-corrected chi connectivity index (χ2v) is 5.72. The number of nitrogens with one attached hydrogen (secondary N) is 1. The van der Waals surface area contributed by atoms with Crippen LogP contribution >= 0.6 is 23.2 Å². The largest absolute Gasteiger partial charge is 0.323 e. The molecular formula is C10H10Cl2N2O3S. The van der Waals surface area contributed by atoms with Gasteiger partial charge in [0.05, 0.1) is 20.6 Å². The number of benzene rings is 1. The maximum Gasteiger partial charge on any atom is 0.238 e. The Morgan fingerprint density at radius 1 is 1.39 bits per heavy atom. The first-order valence-electron chi connectivity index (χ1n) is 4.68. The minimum absolute atomic E-state index is 0.0102. The van der Waals surface area contributed by atoms with Gasteiger partial charge < -0.3 is 5.32 Å². The molecule has 98 valence electrons. The van der Waals surface area contributed by atoms with Crippen LogP contribution in [0.4, 0.5) is 5.69 Å². The lowest BCUT2D eigenvalue weighted by Gasteiger charge is -2.10. The number of halogens is 2. The third-order valence-electron chi connectivity index (χ3n) is 1.94. The van der Waals surface area contributed by atoms with E-state index in [-0.39, 0.29) is 33.0 Å². The van der Waals surface area contributed by atoms with Gasteiger partial charge in [-0.05, 0) is 12.1 Å². The number of amides is 1. The fourth-order valence-electron chi connectivity index (χ4n) is 1.16. The highest BCUT2D eigenvalue weighted by Crippen LogP contribution is 2.33. The fraction of sp³-hybridized carbons (Fsp3) is 0.100. The van der Waals surface area contributed by atoms with E-state index in [2.05, 4.69) is 11.9 Å². The molecule has 0 bridgehead atoms. The molecule has 0 atom stereocenters. The van der Waals surface area contributed by atoms with Crippen LogP contribution < -0.4 is 10.5 Å². The molecule has 0 heterocycles. The average Bonchev–Trinajstić information content (AvgIpc) is 2.22. The molecule has 0 saturated heterocycles. The highest BCUT2D eigenvalue weighted by atomic mass is 35.5. The van der Waals surface area contributed by atoms with Crippen molar-refractivity contribution in [2.45, 2.75) is 11.3 Å². The van der Waals surface area contributed by atoms with Crippen LogP contribution in [0.15, 0.2) is 29.7 Å². The number of sulfonamides is 1. The van der Waals surface area contributed by atoms with E-state index in [1.807, 2.05) is 0 Å². The van der Waals surface area contributed by atoms with E-state index >= 15 is 0 Å². The number of rotatable bonds is 4. The molecular weight excluding hydrogens is 299 g/mol. The highest BCUT2D eigenvalue weighted by Gasteiger charge is 2.15. The lowest BCUT2D eigenvalue weighted by Crippen LogP contribution is -2.14. The van der Waals surface area contributed by atoms with Gasteiger partial charge in [0, 0.05) is 6.42 Å². The van der Waals surface area contributed by atoms with E-state index in [0.29, 0.717) is 0 Å². The molecule has 0 fully saturated rings. The van der Waals surface area contributed by atoms with E-state index in [9.17, 15) is 13.2 Å². The van der Waals surface area contributed by atoms with Crippen LogP contribution in [0.5, 0.6) is 0 Å². The Kier molecular flexibility index (Phi) is 4.75. The van der Waals surface area contributed by atoms with Crippen LogP contribution in [-0.4, -0.2) is 14.3 Å². The molecule has 18 heavy (non-hydrogen) atoms. The Balaban J connectivity index is 3.17. The molecule has 0 unspecified atom stereocenters. The number of nitrogens with two attached hydrogens (primary N) is 1. The molecule has 0 radical (unpaired) electrons. The van der Waals surface area contributed by atoms with Crippen LogP contribution in [0.2, 0.25) is 10.0 Å². The van der Waals surface area contributed by atoms with Crippen molar-refractivity contribution in [3.8, 4) is 0 Å². The van der Waals surface area contributed by atoms with E-state index in [1.165, 1.54) is 6.08 Å². The molecule has 0 aliphatic carbocycles. The van der Waals surface area contributed by atoms with Crippen LogP contribution in [0, 0.1) is 0 Å². The van der Waals surface area contributed by atoms with E-state index in [0.717, 1.165) is 12.1 Å². The number of carbonyl (C=O) groups is 1. The molecule has 3 N–H and O–H groups in total. The number of hydrogen-bond donors (Lipinski definition) is 2. The molecule has 0 aromatic heterocycles. The van der Waals surface area contributed by atoms with Gasteiger partial charge in [0.2, 0.25) is 15.9 Å². The highest BCUT2D eigenvalue weighted by molar-refractivity contribution is 7.89. The summed E-state index contributed by atoms with van der Waals surface area (Å²) in [5.74, 6) is -0.364. The van der Waals surface area contributed by atoms with Crippen molar-refractivity contribution in [3.05, 3.63) is 34.8 Å². The summed E-state index contributed by atoms with van der Waals surface area (Å²) < 4.78 is 22.3. The summed E-state index contributed by atoms with van der Waals surface area (Å²) >= 11 is 11.7. The third-order valence-corrected chi connectivity index (χ3v) is 3.43. The molecule has 0 spiro atoms. The van der Waals surface area contributed by atoms with Gasteiger partial charge in [-0.1, -0.05) is 29.3 Å². The van der Waals surface area contributed by atoms with Gasteiger partial charge in [0.1, 0.15) is 0 Å². The quantitative estimate of drug-likeness (QED) is 0.835. The molecule has 5 nitrogen and oxygen atoms in total. The zero-order valence-electron chi connectivity index (χ0n) is 9.11. The second kappa shape index (κ2) is 5.71. The molecule has 1 rings (SSSR count). The predicted molar refractivity (Wildman–Crippen MR) is 71.3 cm³/mol.